The zero-order valence-corrected chi connectivity index (χ0v) is 13.5. The van der Waals surface area contributed by atoms with Crippen LogP contribution in [-0.4, -0.2) is 36.2 Å². The predicted molar refractivity (Wildman–Crippen MR) is 84.2 cm³/mol. The summed E-state index contributed by atoms with van der Waals surface area (Å²) in [6.07, 6.45) is 0.0876. The number of amides is 1. The van der Waals surface area contributed by atoms with Gasteiger partial charge in [0.25, 0.3) is 0 Å². The van der Waals surface area contributed by atoms with Crippen LogP contribution in [0.25, 0.3) is 0 Å². The number of carboxylic acid groups (broad SMARTS) is 1. The number of methoxy groups -OCH3 is 2. The van der Waals surface area contributed by atoms with E-state index in [1.807, 2.05) is 0 Å². The lowest BCUT2D eigenvalue weighted by Crippen LogP contribution is -2.25. The lowest BCUT2D eigenvalue weighted by Gasteiger charge is -2.12. The molecule has 0 aliphatic rings. The Hall–Kier alpha value is -2.61. The number of nitrogens with zero attached hydrogens (tertiary/aromatic N) is 1. The van der Waals surface area contributed by atoms with Gasteiger partial charge in [0.05, 0.1) is 27.2 Å². The Bertz CT molecular complexity index is 691. The standard InChI is InChI=1S/C15H16N2O5S/c1-21-11-4-3-5-12(22-2)9(11)6-13(18)16-7-14-17-10(8-23-14)15(19)20/h3-5,8H,6-7H2,1-2H3,(H,16,18)(H,19,20). The van der Waals surface area contributed by atoms with Crippen LogP contribution in [0.5, 0.6) is 11.5 Å². The van der Waals surface area contributed by atoms with Crippen LogP contribution < -0.4 is 14.8 Å². The average molecular weight is 336 g/mol. The molecule has 0 saturated carbocycles. The Balaban J connectivity index is 2.01. The van der Waals surface area contributed by atoms with Crippen LogP contribution in [0.1, 0.15) is 21.1 Å². The first kappa shape index (κ1) is 16.8. The van der Waals surface area contributed by atoms with Gasteiger partial charge < -0.3 is 19.9 Å². The van der Waals surface area contributed by atoms with E-state index in [0.717, 1.165) is 0 Å². The zero-order chi connectivity index (χ0) is 16.8. The van der Waals surface area contributed by atoms with Crippen LogP contribution in [0.4, 0.5) is 0 Å². The summed E-state index contributed by atoms with van der Waals surface area (Å²) in [7, 11) is 3.05. The highest BCUT2D eigenvalue weighted by atomic mass is 32.1. The molecule has 0 aliphatic heterocycles. The SMILES string of the molecule is COc1cccc(OC)c1CC(=O)NCc1nc(C(=O)O)cs1. The molecule has 0 atom stereocenters. The molecule has 1 amide bonds. The number of rotatable bonds is 7. The van der Waals surface area contributed by atoms with E-state index in [-0.39, 0.29) is 24.6 Å². The molecule has 8 heteroatoms. The minimum atomic E-state index is -1.09. The number of carbonyl (C=O) groups excluding carboxylic acids is 1. The van der Waals surface area contributed by atoms with Crippen LogP contribution in [0.2, 0.25) is 0 Å². The summed E-state index contributed by atoms with van der Waals surface area (Å²) in [5.74, 6) is -0.179. The monoisotopic (exact) mass is 336 g/mol. The topological polar surface area (TPSA) is 97.8 Å². The van der Waals surface area contributed by atoms with Crippen LogP contribution in [0, 0.1) is 0 Å². The van der Waals surface area contributed by atoms with Crippen LogP contribution >= 0.6 is 11.3 Å². The molecule has 0 radical (unpaired) electrons. The van der Waals surface area contributed by atoms with Gasteiger partial charge in [0, 0.05) is 10.9 Å². The number of aromatic nitrogens is 1. The molecule has 1 aromatic carbocycles. The van der Waals surface area contributed by atoms with Gasteiger partial charge in [-0.05, 0) is 12.1 Å². The van der Waals surface area contributed by atoms with Gasteiger partial charge >= 0.3 is 5.97 Å². The van der Waals surface area contributed by atoms with Crippen molar-refractivity contribution < 1.29 is 24.2 Å². The van der Waals surface area contributed by atoms with Crippen molar-refractivity contribution in [1.29, 1.82) is 0 Å². The molecule has 2 rings (SSSR count). The maximum atomic E-state index is 12.1. The number of carbonyl (C=O) groups is 2. The molecule has 122 valence electrons. The van der Waals surface area contributed by atoms with Crippen LogP contribution in [0.3, 0.4) is 0 Å². The van der Waals surface area contributed by atoms with Gasteiger partial charge in [-0.3, -0.25) is 4.79 Å². The Morgan fingerprint density at radius 2 is 1.91 bits per heavy atom. The molecule has 2 N–H and O–H groups in total. The number of aromatic carboxylic acids is 1. The maximum absolute atomic E-state index is 12.1. The predicted octanol–water partition coefficient (Wildman–Crippen LogP) is 1.72. The summed E-state index contributed by atoms with van der Waals surface area (Å²) in [6.45, 7) is 0.175. The average Bonchev–Trinajstić information content (AvgIpc) is 3.02. The molecule has 0 saturated heterocycles. The van der Waals surface area contributed by atoms with Gasteiger partial charge in [-0.2, -0.15) is 0 Å². The first-order valence-electron chi connectivity index (χ1n) is 6.69. The van der Waals surface area contributed by atoms with E-state index >= 15 is 0 Å². The summed E-state index contributed by atoms with van der Waals surface area (Å²) in [5.41, 5.74) is 0.631. The minimum Gasteiger partial charge on any atom is -0.496 e. The molecule has 0 unspecified atom stereocenters. The third-order valence-corrected chi connectivity index (χ3v) is 3.92. The second-order valence-corrected chi connectivity index (χ2v) is 5.47. The Morgan fingerprint density at radius 1 is 1.26 bits per heavy atom. The number of hydrogen-bond donors (Lipinski definition) is 2. The number of hydrogen-bond acceptors (Lipinski definition) is 6. The summed E-state index contributed by atoms with van der Waals surface area (Å²) < 4.78 is 10.5. The van der Waals surface area contributed by atoms with Crippen molar-refractivity contribution in [2.24, 2.45) is 0 Å². The fourth-order valence-electron chi connectivity index (χ4n) is 1.99. The van der Waals surface area contributed by atoms with E-state index < -0.39 is 5.97 Å². The van der Waals surface area contributed by atoms with E-state index in [4.69, 9.17) is 14.6 Å². The van der Waals surface area contributed by atoms with Gasteiger partial charge in [0.15, 0.2) is 5.69 Å². The summed E-state index contributed by atoms with van der Waals surface area (Å²) in [5, 5.41) is 13.5. The van der Waals surface area contributed by atoms with Crippen molar-refractivity contribution in [3.05, 3.63) is 39.8 Å². The Labute approximate surface area is 136 Å². The summed E-state index contributed by atoms with van der Waals surface area (Å²) in [6, 6.07) is 5.29. The minimum absolute atomic E-state index is 0.0225. The normalized spacial score (nSPS) is 10.2. The molecule has 1 heterocycles. The highest BCUT2D eigenvalue weighted by molar-refractivity contribution is 7.09. The van der Waals surface area contributed by atoms with Crippen LogP contribution in [-0.2, 0) is 17.8 Å². The molecule has 0 aliphatic carbocycles. The van der Waals surface area contributed by atoms with Crippen molar-refractivity contribution in [2.75, 3.05) is 14.2 Å². The largest absolute Gasteiger partial charge is 0.496 e. The highest BCUT2D eigenvalue weighted by Gasteiger charge is 2.15. The zero-order valence-electron chi connectivity index (χ0n) is 12.7. The van der Waals surface area contributed by atoms with E-state index in [0.29, 0.717) is 22.1 Å². The molecule has 1 aromatic heterocycles. The van der Waals surface area contributed by atoms with Gasteiger partial charge in [0.2, 0.25) is 5.91 Å². The van der Waals surface area contributed by atoms with Gasteiger partial charge in [-0.1, -0.05) is 6.07 Å². The fourth-order valence-corrected chi connectivity index (χ4v) is 2.70. The fraction of sp³-hybridized carbons (Fsp3) is 0.267. The van der Waals surface area contributed by atoms with E-state index in [2.05, 4.69) is 10.3 Å². The van der Waals surface area contributed by atoms with Crippen molar-refractivity contribution >= 4 is 23.2 Å². The molecule has 23 heavy (non-hydrogen) atoms. The molecular formula is C15H16N2O5S. The second kappa shape index (κ2) is 7.59. The number of ether oxygens (including phenoxy) is 2. The van der Waals surface area contributed by atoms with Crippen LogP contribution in [0.15, 0.2) is 23.6 Å². The number of thiazole rings is 1. The molecule has 0 fully saturated rings. The summed E-state index contributed by atoms with van der Waals surface area (Å²) >= 11 is 1.19. The van der Waals surface area contributed by atoms with E-state index in [1.165, 1.54) is 30.9 Å². The first-order valence-corrected chi connectivity index (χ1v) is 7.57. The van der Waals surface area contributed by atoms with Crippen molar-refractivity contribution in [1.82, 2.24) is 10.3 Å². The lowest BCUT2D eigenvalue weighted by molar-refractivity contribution is -0.120. The molecule has 0 bridgehead atoms. The van der Waals surface area contributed by atoms with Crippen molar-refractivity contribution in [3.8, 4) is 11.5 Å². The smallest absolute Gasteiger partial charge is 0.355 e. The third kappa shape index (κ3) is 4.19. The van der Waals surface area contributed by atoms with Gasteiger partial charge in [0.1, 0.15) is 16.5 Å². The molecule has 0 spiro atoms. The molecule has 2 aromatic rings. The van der Waals surface area contributed by atoms with Gasteiger partial charge in [-0.25, -0.2) is 9.78 Å². The second-order valence-electron chi connectivity index (χ2n) is 4.53. The third-order valence-electron chi connectivity index (χ3n) is 3.07. The quantitative estimate of drug-likeness (QED) is 0.799. The number of carboxylic acids is 1. The van der Waals surface area contributed by atoms with Gasteiger partial charge in [-0.15, -0.1) is 11.3 Å². The van der Waals surface area contributed by atoms with Crippen molar-refractivity contribution in [3.63, 3.8) is 0 Å². The summed E-state index contributed by atoms with van der Waals surface area (Å²) in [4.78, 5) is 26.8. The Morgan fingerprint density at radius 3 is 2.43 bits per heavy atom. The molecular weight excluding hydrogens is 320 g/mol. The Kier molecular flexibility index (Phi) is 5.53. The number of benzene rings is 1. The lowest BCUT2D eigenvalue weighted by atomic mass is 10.1. The van der Waals surface area contributed by atoms with E-state index in [1.54, 1.807) is 18.2 Å². The first-order chi connectivity index (χ1) is 11.0. The maximum Gasteiger partial charge on any atom is 0.355 e. The van der Waals surface area contributed by atoms with E-state index in [9.17, 15) is 9.59 Å². The number of nitrogens with one attached hydrogen (secondary N) is 1. The highest BCUT2D eigenvalue weighted by Crippen LogP contribution is 2.28. The molecule has 7 nitrogen and oxygen atoms in total. The van der Waals surface area contributed by atoms with Crippen molar-refractivity contribution in [2.45, 2.75) is 13.0 Å².